The van der Waals surface area contributed by atoms with Gasteiger partial charge in [0, 0.05) is 19.0 Å². The Hall–Kier alpha value is -1.06. The molecule has 1 aliphatic heterocycles. The molecular weight excluding hydrogens is 260 g/mol. The van der Waals surface area contributed by atoms with Crippen LogP contribution in [0, 0.1) is 0 Å². The zero-order chi connectivity index (χ0) is 15.1. The van der Waals surface area contributed by atoms with Gasteiger partial charge in [0.25, 0.3) is 0 Å². The highest BCUT2D eigenvalue weighted by Crippen LogP contribution is 2.25. The summed E-state index contributed by atoms with van der Waals surface area (Å²) in [5.41, 5.74) is 2.73. The number of benzene rings is 1. The Morgan fingerprint density at radius 2 is 2.10 bits per heavy atom. The molecule has 1 aromatic carbocycles. The van der Waals surface area contributed by atoms with Crippen molar-refractivity contribution < 1.29 is 4.74 Å². The number of fused-ring (bicyclic) bond motifs is 1. The van der Waals surface area contributed by atoms with Crippen LogP contribution in [0.5, 0.6) is 5.75 Å². The van der Waals surface area contributed by atoms with E-state index in [0.29, 0.717) is 6.04 Å². The Kier molecular flexibility index (Phi) is 6.52. The van der Waals surface area contributed by atoms with Gasteiger partial charge in [0.2, 0.25) is 0 Å². The number of rotatable bonds is 9. The van der Waals surface area contributed by atoms with Crippen LogP contribution in [0.2, 0.25) is 0 Å². The third kappa shape index (κ3) is 5.01. The standard InChI is InChI=1S/C18H30N2O/c1-4-20(5-2)11-6-7-15(3)19-14-16-8-9-18-17(13-16)10-12-21-18/h8-9,13,15,19H,4-7,10-12,14H2,1-3H3. The predicted molar refractivity (Wildman–Crippen MR) is 89.0 cm³/mol. The zero-order valence-corrected chi connectivity index (χ0v) is 13.8. The summed E-state index contributed by atoms with van der Waals surface area (Å²) < 4.78 is 5.55. The van der Waals surface area contributed by atoms with Crippen LogP contribution in [0.15, 0.2) is 18.2 Å². The largest absolute Gasteiger partial charge is 0.493 e. The van der Waals surface area contributed by atoms with E-state index in [-0.39, 0.29) is 0 Å². The van der Waals surface area contributed by atoms with Crippen molar-refractivity contribution in [1.82, 2.24) is 10.2 Å². The van der Waals surface area contributed by atoms with Crippen molar-refractivity contribution in [2.75, 3.05) is 26.2 Å². The summed E-state index contributed by atoms with van der Waals surface area (Å²) in [6.45, 7) is 12.1. The van der Waals surface area contributed by atoms with Crippen LogP contribution in [0.4, 0.5) is 0 Å². The topological polar surface area (TPSA) is 24.5 Å². The van der Waals surface area contributed by atoms with Crippen LogP contribution in [-0.2, 0) is 13.0 Å². The molecule has 0 saturated carbocycles. The molecule has 0 spiro atoms. The molecule has 1 N–H and O–H groups in total. The first-order chi connectivity index (χ1) is 10.2. The van der Waals surface area contributed by atoms with E-state index in [4.69, 9.17) is 4.74 Å². The van der Waals surface area contributed by atoms with Crippen molar-refractivity contribution in [3.63, 3.8) is 0 Å². The van der Waals surface area contributed by atoms with E-state index in [1.165, 1.54) is 30.5 Å². The molecule has 0 fully saturated rings. The first-order valence-electron chi connectivity index (χ1n) is 8.43. The molecule has 0 amide bonds. The molecule has 0 aromatic heterocycles. The summed E-state index contributed by atoms with van der Waals surface area (Å²) in [6, 6.07) is 7.16. The van der Waals surface area contributed by atoms with Gasteiger partial charge in [-0.15, -0.1) is 0 Å². The first-order valence-corrected chi connectivity index (χ1v) is 8.43. The SMILES string of the molecule is CCN(CC)CCCC(C)NCc1ccc2c(c1)CCO2. The van der Waals surface area contributed by atoms with E-state index in [0.717, 1.165) is 38.4 Å². The zero-order valence-electron chi connectivity index (χ0n) is 13.8. The van der Waals surface area contributed by atoms with Crippen molar-refractivity contribution in [1.29, 1.82) is 0 Å². The van der Waals surface area contributed by atoms with E-state index >= 15 is 0 Å². The quantitative estimate of drug-likeness (QED) is 0.756. The van der Waals surface area contributed by atoms with Crippen LogP contribution in [0.1, 0.15) is 44.7 Å². The van der Waals surface area contributed by atoms with Crippen molar-refractivity contribution >= 4 is 0 Å². The fourth-order valence-corrected chi connectivity index (χ4v) is 2.90. The van der Waals surface area contributed by atoms with Crippen LogP contribution < -0.4 is 10.1 Å². The Balaban J connectivity index is 1.68. The summed E-state index contributed by atoms with van der Waals surface area (Å²) in [7, 11) is 0. The normalized spacial score (nSPS) is 15.0. The number of nitrogens with one attached hydrogen (secondary N) is 1. The molecule has 0 saturated heterocycles. The van der Waals surface area contributed by atoms with Gasteiger partial charge in [-0.2, -0.15) is 0 Å². The minimum atomic E-state index is 0.574. The molecule has 0 radical (unpaired) electrons. The molecular formula is C18H30N2O. The van der Waals surface area contributed by atoms with Gasteiger partial charge >= 0.3 is 0 Å². The van der Waals surface area contributed by atoms with Crippen LogP contribution >= 0.6 is 0 Å². The maximum absolute atomic E-state index is 5.55. The van der Waals surface area contributed by atoms with Crippen molar-refractivity contribution in [2.24, 2.45) is 0 Å². The molecule has 3 heteroatoms. The van der Waals surface area contributed by atoms with Crippen molar-refractivity contribution in [2.45, 2.75) is 52.6 Å². The molecule has 1 aliphatic rings. The Labute approximate surface area is 129 Å². The highest BCUT2D eigenvalue weighted by atomic mass is 16.5. The van der Waals surface area contributed by atoms with E-state index in [1.807, 2.05) is 0 Å². The fourth-order valence-electron chi connectivity index (χ4n) is 2.90. The first kappa shape index (κ1) is 16.3. The summed E-state index contributed by atoms with van der Waals surface area (Å²) in [4.78, 5) is 2.49. The van der Waals surface area contributed by atoms with E-state index in [9.17, 15) is 0 Å². The average molecular weight is 290 g/mol. The third-order valence-corrected chi connectivity index (χ3v) is 4.41. The number of hydrogen-bond acceptors (Lipinski definition) is 3. The van der Waals surface area contributed by atoms with Crippen LogP contribution in [0.25, 0.3) is 0 Å². The molecule has 1 heterocycles. The second-order valence-corrected chi connectivity index (χ2v) is 5.99. The minimum Gasteiger partial charge on any atom is -0.493 e. The predicted octanol–water partition coefficient (Wildman–Crippen LogP) is 3.22. The van der Waals surface area contributed by atoms with Gasteiger partial charge in [0.15, 0.2) is 0 Å². The summed E-state index contributed by atoms with van der Waals surface area (Å²) >= 11 is 0. The molecule has 0 aliphatic carbocycles. The van der Waals surface area contributed by atoms with Crippen LogP contribution in [0.3, 0.4) is 0 Å². The van der Waals surface area contributed by atoms with Gasteiger partial charge in [0.05, 0.1) is 6.61 Å². The van der Waals surface area contributed by atoms with E-state index in [1.54, 1.807) is 0 Å². The highest BCUT2D eigenvalue weighted by molar-refractivity contribution is 5.39. The molecule has 2 rings (SSSR count). The lowest BCUT2D eigenvalue weighted by Crippen LogP contribution is -2.28. The minimum absolute atomic E-state index is 0.574. The summed E-state index contributed by atoms with van der Waals surface area (Å²) in [6.07, 6.45) is 3.57. The van der Waals surface area contributed by atoms with Gasteiger partial charge in [-0.1, -0.05) is 26.0 Å². The van der Waals surface area contributed by atoms with Gasteiger partial charge in [-0.3, -0.25) is 0 Å². The lowest BCUT2D eigenvalue weighted by atomic mass is 10.1. The lowest BCUT2D eigenvalue weighted by molar-refractivity contribution is 0.290. The van der Waals surface area contributed by atoms with E-state index in [2.05, 4.69) is 49.2 Å². The van der Waals surface area contributed by atoms with Crippen molar-refractivity contribution in [3.8, 4) is 5.75 Å². The summed E-state index contributed by atoms with van der Waals surface area (Å²) in [5.74, 6) is 1.08. The highest BCUT2D eigenvalue weighted by Gasteiger charge is 2.12. The Morgan fingerprint density at radius 3 is 2.86 bits per heavy atom. The number of hydrogen-bond donors (Lipinski definition) is 1. The maximum Gasteiger partial charge on any atom is 0.122 e. The molecule has 118 valence electrons. The fraction of sp³-hybridized carbons (Fsp3) is 0.667. The molecule has 1 unspecified atom stereocenters. The average Bonchev–Trinajstić information content (AvgIpc) is 2.97. The smallest absolute Gasteiger partial charge is 0.122 e. The molecule has 21 heavy (non-hydrogen) atoms. The van der Waals surface area contributed by atoms with Crippen molar-refractivity contribution in [3.05, 3.63) is 29.3 Å². The second-order valence-electron chi connectivity index (χ2n) is 5.99. The monoisotopic (exact) mass is 290 g/mol. The van der Waals surface area contributed by atoms with E-state index < -0.39 is 0 Å². The van der Waals surface area contributed by atoms with Gasteiger partial charge in [0.1, 0.15) is 5.75 Å². The van der Waals surface area contributed by atoms with Crippen LogP contribution in [-0.4, -0.2) is 37.2 Å². The Morgan fingerprint density at radius 1 is 1.29 bits per heavy atom. The Bertz CT molecular complexity index is 429. The lowest BCUT2D eigenvalue weighted by Gasteiger charge is -2.20. The maximum atomic E-state index is 5.55. The third-order valence-electron chi connectivity index (χ3n) is 4.41. The molecule has 3 nitrogen and oxygen atoms in total. The number of ether oxygens (including phenoxy) is 1. The molecule has 0 bridgehead atoms. The van der Waals surface area contributed by atoms with Gasteiger partial charge in [-0.05, 0) is 56.6 Å². The second kappa shape index (κ2) is 8.40. The molecule has 1 atom stereocenters. The number of nitrogens with zero attached hydrogens (tertiary/aromatic N) is 1. The summed E-state index contributed by atoms with van der Waals surface area (Å²) in [5, 5.41) is 3.64. The van der Waals surface area contributed by atoms with Gasteiger partial charge in [-0.25, -0.2) is 0 Å². The van der Waals surface area contributed by atoms with Gasteiger partial charge < -0.3 is 15.0 Å². The molecule has 1 aromatic rings.